The third kappa shape index (κ3) is 4.72. The summed E-state index contributed by atoms with van der Waals surface area (Å²) in [6, 6.07) is 9.40. The number of morpholine rings is 1. The number of carbonyl (C=O) groups is 3. The Balaban J connectivity index is 1.67. The van der Waals surface area contributed by atoms with Gasteiger partial charge in [-0.2, -0.15) is 0 Å². The third-order valence-corrected chi connectivity index (χ3v) is 4.19. The van der Waals surface area contributed by atoms with E-state index < -0.39 is 5.97 Å². The van der Waals surface area contributed by atoms with Crippen LogP contribution in [0.2, 0.25) is 0 Å². The number of benzene rings is 1. The molecular weight excluding hydrogens is 362 g/mol. The number of rotatable bonds is 5. The van der Waals surface area contributed by atoms with Crippen molar-refractivity contribution in [3.8, 4) is 0 Å². The van der Waals surface area contributed by atoms with Gasteiger partial charge in [-0.25, -0.2) is 4.79 Å². The van der Waals surface area contributed by atoms with Crippen molar-refractivity contribution in [1.29, 1.82) is 0 Å². The molecule has 2 amide bonds. The Morgan fingerprint density at radius 1 is 1.11 bits per heavy atom. The smallest absolute Gasteiger partial charge is 0.338 e. The average molecular weight is 383 g/mol. The van der Waals surface area contributed by atoms with E-state index in [2.05, 4.69) is 10.3 Å². The number of anilines is 1. The molecule has 0 radical (unpaired) electrons. The fraction of sp³-hybridized carbons (Fsp3) is 0.300. The lowest BCUT2D eigenvalue weighted by Gasteiger charge is -2.26. The zero-order valence-corrected chi connectivity index (χ0v) is 15.5. The van der Waals surface area contributed by atoms with Crippen LogP contribution in [0.5, 0.6) is 0 Å². The highest BCUT2D eigenvalue weighted by Gasteiger charge is 2.20. The Morgan fingerprint density at radius 2 is 1.82 bits per heavy atom. The molecular formula is C20H21N3O5. The number of hydrogen-bond donors (Lipinski definition) is 1. The van der Waals surface area contributed by atoms with E-state index >= 15 is 0 Å². The van der Waals surface area contributed by atoms with Crippen LogP contribution in [0.4, 0.5) is 5.69 Å². The molecule has 2 aromatic rings. The van der Waals surface area contributed by atoms with Crippen molar-refractivity contribution in [3.05, 3.63) is 59.4 Å². The maximum Gasteiger partial charge on any atom is 0.338 e. The highest BCUT2D eigenvalue weighted by Crippen LogP contribution is 2.13. The Hall–Kier alpha value is -3.26. The van der Waals surface area contributed by atoms with Crippen LogP contribution in [0, 0.1) is 0 Å². The second-order valence-corrected chi connectivity index (χ2v) is 6.09. The number of carbonyl (C=O) groups excluding carboxylic acids is 3. The molecule has 8 heteroatoms. The number of aromatic nitrogens is 1. The summed E-state index contributed by atoms with van der Waals surface area (Å²) >= 11 is 0. The quantitative estimate of drug-likeness (QED) is 0.793. The molecule has 0 atom stereocenters. The number of esters is 1. The monoisotopic (exact) mass is 383 g/mol. The van der Waals surface area contributed by atoms with Gasteiger partial charge in [0.2, 0.25) is 0 Å². The van der Waals surface area contributed by atoms with Gasteiger partial charge < -0.3 is 19.7 Å². The van der Waals surface area contributed by atoms with Gasteiger partial charge >= 0.3 is 5.97 Å². The van der Waals surface area contributed by atoms with Crippen LogP contribution in [-0.2, 0) is 9.47 Å². The lowest BCUT2D eigenvalue weighted by atomic mass is 10.1. The van der Waals surface area contributed by atoms with Crippen molar-refractivity contribution in [2.75, 3.05) is 38.2 Å². The molecule has 8 nitrogen and oxygen atoms in total. The molecule has 1 N–H and O–H groups in total. The third-order valence-electron chi connectivity index (χ3n) is 4.19. The molecule has 1 fully saturated rings. The standard InChI is InChI=1S/C20H21N3O5/c1-2-28-20(26)14-3-5-16(6-4-14)22-18(24)15-7-8-21-17(13-15)19(25)23-9-11-27-12-10-23/h3-8,13H,2,9-12H2,1H3,(H,22,24). The first-order valence-electron chi connectivity index (χ1n) is 9.00. The lowest BCUT2D eigenvalue weighted by molar-refractivity contribution is 0.0299. The van der Waals surface area contributed by atoms with Gasteiger partial charge in [-0.05, 0) is 43.3 Å². The van der Waals surface area contributed by atoms with Crippen molar-refractivity contribution in [3.63, 3.8) is 0 Å². The number of nitrogens with zero attached hydrogens (tertiary/aromatic N) is 2. The summed E-state index contributed by atoms with van der Waals surface area (Å²) in [7, 11) is 0. The van der Waals surface area contributed by atoms with Gasteiger partial charge in [0.05, 0.1) is 25.4 Å². The van der Waals surface area contributed by atoms with Crippen molar-refractivity contribution in [2.24, 2.45) is 0 Å². The molecule has 1 saturated heterocycles. The minimum Gasteiger partial charge on any atom is -0.462 e. The summed E-state index contributed by atoms with van der Waals surface area (Å²) in [5.41, 5.74) is 1.46. The van der Waals surface area contributed by atoms with E-state index in [1.165, 1.54) is 12.3 Å². The molecule has 0 unspecified atom stereocenters. The van der Waals surface area contributed by atoms with Gasteiger partial charge in [-0.1, -0.05) is 0 Å². The number of hydrogen-bond acceptors (Lipinski definition) is 6. The van der Waals surface area contributed by atoms with Crippen molar-refractivity contribution >= 4 is 23.5 Å². The average Bonchev–Trinajstić information content (AvgIpc) is 2.74. The molecule has 0 bridgehead atoms. The molecule has 0 aliphatic carbocycles. The summed E-state index contributed by atoms with van der Waals surface area (Å²) in [6.07, 6.45) is 1.44. The molecule has 0 spiro atoms. The van der Waals surface area contributed by atoms with Crippen LogP contribution in [0.1, 0.15) is 38.1 Å². The molecule has 1 aromatic heterocycles. The van der Waals surface area contributed by atoms with E-state index in [9.17, 15) is 14.4 Å². The predicted molar refractivity (Wildman–Crippen MR) is 101 cm³/mol. The first kappa shape index (κ1) is 19.5. The van der Waals surface area contributed by atoms with Crippen LogP contribution in [0.15, 0.2) is 42.6 Å². The number of amides is 2. The molecule has 1 aromatic carbocycles. The molecule has 146 valence electrons. The zero-order valence-electron chi connectivity index (χ0n) is 15.5. The summed E-state index contributed by atoms with van der Waals surface area (Å²) in [5.74, 6) is -1.01. The van der Waals surface area contributed by atoms with Crippen molar-refractivity contribution in [1.82, 2.24) is 9.88 Å². The summed E-state index contributed by atoms with van der Waals surface area (Å²) in [6.45, 7) is 4.03. The molecule has 1 aliphatic heterocycles. The van der Waals surface area contributed by atoms with Gasteiger partial charge in [-0.15, -0.1) is 0 Å². The number of nitrogens with one attached hydrogen (secondary N) is 1. The SMILES string of the molecule is CCOC(=O)c1ccc(NC(=O)c2ccnc(C(=O)N3CCOCC3)c2)cc1. The Bertz CT molecular complexity index is 860. The van der Waals surface area contributed by atoms with E-state index in [1.54, 1.807) is 42.2 Å². The Morgan fingerprint density at radius 3 is 2.50 bits per heavy atom. The second-order valence-electron chi connectivity index (χ2n) is 6.09. The van der Waals surface area contributed by atoms with E-state index in [0.717, 1.165) is 0 Å². The molecule has 0 saturated carbocycles. The Labute approximate surface area is 162 Å². The van der Waals surface area contributed by atoms with Crippen molar-refractivity contribution in [2.45, 2.75) is 6.92 Å². The second kappa shape index (κ2) is 9.09. The predicted octanol–water partition coefficient (Wildman–Crippen LogP) is 1.98. The van der Waals surface area contributed by atoms with E-state index in [4.69, 9.17) is 9.47 Å². The van der Waals surface area contributed by atoms with Gasteiger partial charge in [0.15, 0.2) is 0 Å². The number of pyridine rings is 1. The molecule has 28 heavy (non-hydrogen) atoms. The summed E-state index contributed by atoms with van der Waals surface area (Å²) in [5, 5.41) is 2.74. The number of ether oxygens (including phenoxy) is 2. The lowest BCUT2D eigenvalue weighted by Crippen LogP contribution is -2.41. The molecule has 1 aliphatic rings. The normalized spacial score (nSPS) is 13.7. The van der Waals surface area contributed by atoms with Crippen LogP contribution < -0.4 is 5.32 Å². The van der Waals surface area contributed by atoms with E-state index in [1.807, 2.05) is 0 Å². The van der Waals surface area contributed by atoms with Crippen molar-refractivity contribution < 1.29 is 23.9 Å². The van der Waals surface area contributed by atoms with Crippen LogP contribution >= 0.6 is 0 Å². The maximum absolute atomic E-state index is 12.5. The van der Waals surface area contributed by atoms with Gasteiger partial charge in [0, 0.05) is 30.5 Å². The first-order chi connectivity index (χ1) is 13.6. The first-order valence-corrected chi connectivity index (χ1v) is 9.00. The maximum atomic E-state index is 12.5. The zero-order chi connectivity index (χ0) is 19.9. The summed E-state index contributed by atoms with van der Waals surface area (Å²) in [4.78, 5) is 42.4. The topological polar surface area (TPSA) is 97.8 Å². The fourth-order valence-corrected chi connectivity index (χ4v) is 2.72. The van der Waals surface area contributed by atoms with Crippen LogP contribution in [0.25, 0.3) is 0 Å². The fourth-order valence-electron chi connectivity index (χ4n) is 2.72. The van der Waals surface area contributed by atoms with Gasteiger partial charge in [0.25, 0.3) is 11.8 Å². The minimum atomic E-state index is -0.416. The molecule has 3 rings (SSSR count). The highest BCUT2D eigenvalue weighted by atomic mass is 16.5. The van der Waals surface area contributed by atoms with Crippen LogP contribution in [0.3, 0.4) is 0 Å². The van der Waals surface area contributed by atoms with E-state index in [0.29, 0.717) is 49.7 Å². The molecule has 2 heterocycles. The van der Waals surface area contributed by atoms with Crippen LogP contribution in [-0.4, -0.2) is 60.6 Å². The van der Waals surface area contributed by atoms with Gasteiger partial charge in [-0.3, -0.25) is 14.6 Å². The van der Waals surface area contributed by atoms with E-state index in [-0.39, 0.29) is 17.5 Å². The summed E-state index contributed by atoms with van der Waals surface area (Å²) < 4.78 is 10.2. The minimum absolute atomic E-state index is 0.215. The highest BCUT2D eigenvalue weighted by molar-refractivity contribution is 6.05. The van der Waals surface area contributed by atoms with Gasteiger partial charge in [0.1, 0.15) is 5.69 Å². The Kier molecular flexibility index (Phi) is 6.33. The largest absolute Gasteiger partial charge is 0.462 e.